The first-order valence-corrected chi connectivity index (χ1v) is 9.16. The number of aromatic nitrogens is 1. The smallest absolute Gasteiger partial charge is 0.337 e. The molecule has 0 saturated heterocycles. The van der Waals surface area contributed by atoms with E-state index in [9.17, 15) is 9.59 Å². The van der Waals surface area contributed by atoms with E-state index >= 15 is 0 Å². The van der Waals surface area contributed by atoms with Gasteiger partial charge in [0.05, 0.1) is 12.7 Å². The predicted octanol–water partition coefficient (Wildman–Crippen LogP) is 4.41. The number of methoxy groups -OCH3 is 1. The van der Waals surface area contributed by atoms with Crippen LogP contribution in [0, 0.1) is 0 Å². The third-order valence-electron chi connectivity index (χ3n) is 4.54. The highest BCUT2D eigenvalue weighted by Crippen LogP contribution is 2.21. The van der Waals surface area contributed by atoms with E-state index in [2.05, 4.69) is 33.8 Å². The Labute approximate surface area is 158 Å². The molecular formula is C22H24N2O3. The van der Waals surface area contributed by atoms with Crippen LogP contribution in [0.2, 0.25) is 0 Å². The Balaban J connectivity index is 1.57. The molecule has 3 aromatic rings. The number of fused-ring (bicyclic) bond motifs is 1. The first-order valence-electron chi connectivity index (χ1n) is 9.16. The number of hydrogen-bond donors (Lipinski definition) is 1. The molecule has 0 saturated carbocycles. The standard InChI is InChI=1S/C22H24N2O3/c1-3-13-24-14-12-18-15-19(9-10-20(18)24)23-21(25)11-6-16-4-7-17(8-5-16)22(26)27-2/h4-5,7-10,12,14-15H,3,6,11,13H2,1-2H3,(H,23,25). The van der Waals surface area contributed by atoms with Crippen molar-refractivity contribution in [3.05, 3.63) is 65.9 Å². The molecule has 0 bridgehead atoms. The predicted molar refractivity (Wildman–Crippen MR) is 107 cm³/mol. The van der Waals surface area contributed by atoms with Gasteiger partial charge in [-0.05, 0) is 54.8 Å². The number of esters is 1. The van der Waals surface area contributed by atoms with Gasteiger partial charge < -0.3 is 14.6 Å². The second kappa shape index (κ2) is 8.54. The highest BCUT2D eigenvalue weighted by molar-refractivity contribution is 5.94. The zero-order valence-corrected chi connectivity index (χ0v) is 15.7. The fourth-order valence-electron chi connectivity index (χ4n) is 3.12. The number of carbonyl (C=O) groups is 2. The van der Waals surface area contributed by atoms with Crippen LogP contribution in [0.4, 0.5) is 5.69 Å². The third kappa shape index (κ3) is 4.56. The average molecular weight is 364 g/mol. The number of carbonyl (C=O) groups excluding carboxylic acids is 2. The minimum Gasteiger partial charge on any atom is -0.465 e. The van der Waals surface area contributed by atoms with Gasteiger partial charge in [-0.1, -0.05) is 19.1 Å². The molecule has 0 atom stereocenters. The number of ether oxygens (including phenoxy) is 1. The Morgan fingerprint density at radius 3 is 2.56 bits per heavy atom. The molecule has 5 heteroatoms. The molecule has 2 aromatic carbocycles. The van der Waals surface area contributed by atoms with Gasteiger partial charge in [0, 0.05) is 35.8 Å². The van der Waals surface area contributed by atoms with Crippen LogP contribution in [0.1, 0.15) is 35.7 Å². The molecule has 1 amide bonds. The molecule has 5 nitrogen and oxygen atoms in total. The molecule has 1 N–H and O–H groups in total. The second-order valence-electron chi connectivity index (χ2n) is 6.52. The molecule has 0 aliphatic rings. The summed E-state index contributed by atoms with van der Waals surface area (Å²) in [6.07, 6.45) is 4.16. The second-order valence-corrected chi connectivity index (χ2v) is 6.52. The molecule has 0 unspecified atom stereocenters. The molecule has 3 rings (SSSR count). The molecule has 0 spiro atoms. The van der Waals surface area contributed by atoms with Crippen molar-refractivity contribution in [2.75, 3.05) is 12.4 Å². The lowest BCUT2D eigenvalue weighted by Crippen LogP contribution is -2.12. The lowest BCUT2D eigenvalue weighted by Gasteiger charge is -2.07. The summed E-state index contributed by atoms with van der Waals surface area (Å²) in [5, 5.41) is 4.09. The largest absolute Gasteiger partial charge is 0.465 e. The van der Waals surface area contributed by atoms with E-state index in [0.29, 0.717) is 18.4 Å². The van der Waals surface area contributed by atoms with Crippen LogP contribution in [0.25, 0.3) is 10.9 Å². The molecule has 1 aromatic heterocycles. The van der Waals surface area contributed by atoms with E-state index in [0.717, 1.165) is 29.6 Å². The van der Waals surface area contributed by atoms with Crippen molar-refractivity contribution in [2.24, 2.45) is 0 Å². The number of nitrogens with zero attached hydrogens (tertiary/aromatic N) is 1. The monoisotopic (exact) mass is 364 g/mol. The van der Waals surface area contributed by atoms with Crippen molar-refractivity contribution in [3.8, 4) is 0 Å². The van der Waals surface area contributed by atoms with Crippen LogP contribution in [0.3, 0.4) is 0 Å². The quantitative estimate of drug-likeness (QED) is 0.632. The third-order valence-corrected chi connectivity index (χ3v) is 4.54. The molecule has 0 aliphatic heterocycles. The first kappa shape index (κ1) is 18.7. The van der Waals surface area contributed by atoms with Gasteiger partial charge in [-0.15, -0.1) is 0 Å². The minimum atomic E-state index is -0.359. The van der Waals surface area contributed by atoms with Crippen molar-refractivity contribution in [1.29, 1.82) is 0 Å². The Morgan fingerprint density at radius 1 is 1.07 bits per heavy atom. The number of aryl methyl sites for hydroxylation is 2. The summed E-state index contributed by atoms with van der Waals surface area (Å²) in [7, 11) is 1.36. The Bertz CT molecular complexity index is 942. The topological polar surface area (TPSA) is 60.3 Å². The summed E-state index contributed by atoms with van der Waals surface area (Å²) in [6, 6.07) is 15.2. The van der Waals surface area contributed by atoms with Crippen LogP contribution < -0.4 is 5.32 Å². The van der Waals surface area contributed by atoms with Crippen molar-refractivity contribution >= 4 is 28.5 Å². The highest BCUT2D eigenvalue weighted by Gasteiger charge is 2.08. The number of amides is 1. The molecule has 0 fully saturated rings. The summed E-state index contributed by atoms with van der Waals surface area (Å²) in [4.78, 5) is 23.7. The van der Waals surface area contributed by atoms with Gasteiger partial charge in [-0.25, -0.2) is 4.79 Å². The van der Waals surface area contributed by atoms with Gasteiger partial charge in [-0.2, -0.15) is 0 Å². The molecule has 0 aliphatic carbocycles. The van der Waals surface area contributed by atoms with E-state index < -0.39 is 0 Å². The van der Waals surface area contributed by atoms with Gasteiger partial charge in [0.1, 0.15) is 0 Å². The maximum absolute atomic E-state index is 12.3. The summed E-state index contributed by atoms with van der Waals surface area (Å²) in [5.74, 6) is -0.387. The zero-order chi connectivity index (χ0) is 19.2. The van der Waals surface area contributed by atoms with Gasteiger partial charge in [0.2, 0.25) is 5.91 Å². The lowest BCUT2D eigenvalue weighted by atomic mass is 10.1. The highest BCUT2D eigenvalue weighted by atomic mass is 16.5. The summed E-state index contributed by atoms with van der Waals surface area (Å²) >= 11 is 0. The van der Waals surface area contributed by atoms with E-state index in [1.165, 1.54) is 12.6 Å². The van der Waals surface area contributed by atoms with E-state index in [1.807, 2.05) is 30.3 Å². The number of nitrogens with one attached hydrogen (secondary N) is 1. The molecule has 27 heavy (non-hydrogen) atoms. The molecule has 140 valence electrons. The van der Waals surface area contributed by atoms with Crippen LogP contribution in [0.15, 0.2) is 54.7 Å². The summed E-state index contributed by atoms with van der Waals surface area (Å²) < 4.78 is 6.90. The normalized spacial score (nSPS) is 10.7. The maximum atomic E-state index is 12.3. The van der Waals surface area contributed by atoms with Crippen molar-refractivity contribution in [1.82, 2.24) is 4.57 Å². The van der Waals surface area contributed by atoms with Crippen molar-refractivity contribution in [2.45, 2.75) is 32.7 Å². The summed E-state index contributed by atoms with van der Waals surface area (Å²) in [5.41, 5.74) is 3.50. The van der Waals surface area contributed by atoms with Gasteiger partial charge in [0.15, 0.2) is 0 Å². The Kier molecular flexibility index (Phi) is 5.91. The van der Waals surface area contributed by atoms with Gasteiger partial charge in [0.25, 0.3) is 0 Å². The fourth-order valence-corrected chi connectivity index (χ4v) is 3.12. The van der Waals surface area contributed by atoms with Crippen LogP contribution in [-0.4, -0.2) is 23.6 Å². The van der Waals surface area contributed by atoms with Crippen LogP contribution in [-0.2, 0) is 22.5 Å². The van der Waals surface area contributed by atoms with E-state index in [1.54, 1.807) is 12.1 Å². The summed E-state index contributed by atoms with van der Waals surface area (Å²) in [6.45, 7) is 3.15. The van der Waals surface area contributed by atoms with Crippen LogP contribution in [0.5, 0.6) is 0 Å². The van der Waals surface area contributed by atoms with Crippen molar-refractivity contribution < 1.29 is 14.3 Å². The fraction of sp³-hybridized carbons (Fsp3) is 0.273. The lowest BCUT2D eigenvalue weighted by molar-refractivity contribution is -0.116. The first-order chi connectivity index (χ1) is 13.1. The minimum absolute atomic E-state index is 0.0283. The number of hydrogen-bond acceptors (Lipinski definition) is 3. The number of rotatable bonds is 7. The van der Waals surface area contributed by atoms with Gasteiger partial charge >= 0.3 is 5.97 Å². The maximum Gasteiger partial charge on any atom is 0.337 e. The Morgan fingerprint density at radius 2 is 1.85 bits per heavy atom. The Hall–Kier alpha value is -3.08. The molecular weight excluding hydrogens is 340 g/mol. The van der Waals surface area contributed by atoms with E-state index in [4.69, 9.17) is 0 Å². The zero-order valence-electron chi connectivity index (χ0n) is 15.7. The SMILES string of the molecule is CCCn1ccc2cc(NC(=O)CCc3ccc(C(=O)OC)cc3)ccc21. The van der Waals surface area contributed by atoms with Crippen molar-refractivity contribution in [3.63, 3.8) is 0 Å². The number of benzene rings is 2. The van der Waals surface area contributed by atoms with Crippen LogP contribution >= 0.6 is 0 Å². The molecule has 0 radical (unpaired) electrons. The number of anilines is 1. The van der Waals surface area contributed by atoms with Gasteiger partial charge in [-0.3, -0.25) is 4.79 Å². The molecule has 1 heterocycles. The average Bonchev–Trinajstić information content (AvgIpc) is 3.08. The van der Waals surface area contributed by atoms with E-state index in [-0.39, 0.29) is 11.9 Å².